The van der Waals surface area contributed by atoms with E-state index in [1.807, 2.05) is 14.1 Å². The van der Waals surface area contributed by atoms with Crippen LogP contribution in [0.2, 0.25) is 0 Å². The van der Waals surface area contributed by atoms with E-state index in [2.05, 4.69) is 44.5 Å². The van der Waals surface area contributed by atoms with E-state index >= 15 is 8.78 Å². The van der Waals surface area contributed by atoms with Gasteiger partial charge in [0.1, 0.15) is 60.7 Å². The molecule has 2 amide bonds. The Bertz CT molecular complexity index is 4990. The van der Waals surface area contributed by atoms with Crippen molar-refractivity contribution in [1.29, 1.82) is 0 Å². The van der Waals surface area contributed by atoms with Crippen molar-refractivity contribution in [1.82, 2.24) is 38.0 Å². The van der Waals surface area contributed by atoms with E-state index in [1.165, 1.54) is 72.5 Å². The maximum Gasteiger partial charge on any atom is 0.335 e. The molecule has 0 atom stereocenters. The molecule has 0 spiro atoms. The third-order valence-electron chi connectivity index (χ3n) is 16.0. The number of ether oxygens (including phenoxy) is 8. The van der Waals surface area contributed by atoms with Crippen molar-refractivity contribution in [3.63, 3.8) is 0 Å². The number of aromatic nitrogens is 6. The van der Waals surface area contributed by atoms with Crippen molar-refractivity contribution in [2.45, 2.75) is 52.0 Å². The largest absolute Gasteiger partial charge is 0.489 e. The van der Waals surface area contributed by atoms with Crippen LogP contribution in [0.4, 0.5) is 28.9 Å². The average Bonchev–Trinajstić information content (AvgIpc) is 0.776. The Morgan fingerprint density at radius 2 is 0.931 bits per heavy atom. The highest BCUT2D eigenvalue weighted by molar-refractivity contribution is 6.05. The van der Waals surface area contributed by atoms with Gasteiger partial charge in [0, 0.05) is 80.1 Å². The van der Waals surface area contributed by atoms with E-state index in [1.54, 1.807) is 38.1 Å². The van der Waals surface area contributed by atoms with Crippen LogP contribution < -0.4 is 71.0 Å². The van der Waals surface area contributed by atoms with Crippen LogP contribution in [0.25, 0.3) is 33.2 Å². The van der Waals surface area contributed by atoms with Crippen molar-refractivity contribution in [3.8, 4) is 68.9 Å². The lowest BCUT2D eigenvalue weighted by Crippen LogP contribution is -2.42. The lowest BCUT2D eigenvalue weighted by Gasteiger charge is -2.23. The van der Waals surface area contributed by atoms with Crippen LogP contribution in [0.1, 0.15) is 72.7 Å². The Balaban J connectivity index is 0.000000204. The molecule has 2 aliphatic rings. The van der Waals surface area contributed by atoms with Crippen LogP contribution in [-0.4, -0.2) is 131 Å². The van der Waals surface area contributed by atoms with E-state index in [4.69, 9.17) is 37.9 Å². The van der Waals surface area contributed by atoms with Crippen LogP contribution in [0.15, 0.2) is 153 Å². The summed E-state index contributed by atoms with van der Waals surface area (Å²) in [5.74, 6) is -1.71. The van der Waals surface area contributed by atoms with Gasteiger partial charge >= 0.3 is 11.4 Å². The highest BCUT2D eigenvalue weighted by atomic mass is 19.1. The molecule has 0 unspecified atom stereocenters. The van der Waals surface area contributed by atoms with Crippen molar-refractivity contribution in [2.75, 3.05) is 91.6 Å². The van der Waals surface area contributed by atoms with Crippen molar-refractivity contribution in [2.24, 2.45) is 7.05 Å². The van der Waals surface area contributed by atoms with Crippen molar-refractivity contribution < 1.29 is 65.0 Å². The number of nitrogens with zero attached hydrogens (tertiary/aromatic N) is 8. The molecule has 526 valence electrons. The smallest absolute Gasteiger partial charge is 0.335 e. The molecule has 4 aromatic heterocycles. The number of pyridine rings is 2. The molecule has 0 bridgehead atoms. The quantitative estimate of drug-likeness (QED) is 0.0421. The second-order valence-corrected chi connectivity index (χ2v) is 24.3. The first kappa shape index (κ1) is 70.8. The van der Waals surface area contributed by atoms with E-state index in [-0.39, 0.29) is 64.5 Å². The van der Waals surface area contributed by atoms with Gasteiger partial charge in [-0.15, -0.1) is 0 Å². The number of benzene rings is 6. The summed E-state index contributed by atoms with van der Waals surface area (Å²) in [5, 5.41) is 5.96. The number of rotatable bonds is 24. The van der Waals surface area contributed by atoms with Crippen LogP contribution in [0.3, 0.4) is 0 Å². The summed E-state index contributed by atoms with van der Waals surface area (Å²) in [6, 6.07) is 23.2. The van der Waals surface area contributed by atoms with Crippen LogP contribution in [0, 0.1) is 23.3 Å². The Morgan fingerprint density at radius 3 is 1.39 bits per heavy atom. The van der Waals surface area contributed by atoms with Gasteiger partial charge in [0.05, 0.1) is 46.4 Å². The van der Waals surface area contributed by atoms with Gasteiger partial charge in [-0.1, -0.05) is 12.8 Å². The number of nitrogens with one attached hydrogen (secondary N) is 2. The zero-order valence-corrected chi connectivity index (χ0v) is 56.3. The number of aryl methyl sites for hydroxylation is 1. The second-order valence-electron chi connectivity index (χ2n) is 24.3. The fourth-order valence-corrected chi connectivity index (χ4v) is 11.1. The first-order chi connectivity index (χ1) is 48.6. The lowest BCUT2D eigenvalue weighted by molar-refractivity contribution is 0.101. The molecule has 10 aromatic rings. The topological polar surface area (TPSA) is 252 Å². The number of fused-ring (bicyclic) bond motifs is 6. The number of amides is 2. The number of anilines is 2. The SMILES string of the molecule is CC(C)n1cc(C(=O)Nc2ccc(Oc3ccnc4cc(OCCCCCCN(C)C)c5c(c34)OCCO5)c(F)c2)c(=O)n(-c2ccc(F)cc2)c1=O.CN(C)CCCOc1cc2nccc(Oc3ccc(NC(=O)c4cn(C)c(=O)n(-c5ccc(F)cc5)c4=O)cc3F)c2c2c1OCCO2. The molecule has 6 heterocycles. The van der Waals surface area contributed by atoms with Crippen molar-refractivity contribution in [3.05, 3.63) is 210 Å². The molecule has 101 heavy (non-hydrogen) atoms. The number of carbonyl (C=O) groups is 2. The van der Waals surface area contributed by atoms with Crippen molar-refractivity contribution >= 4 is 45.0 Å². The third kappa shape index (κ3) is 16.3. The molecule has 24 nitrogen and oxygen atoms in total. The standard InChI is InChI=1S/C39H41F2N5O7.C34H31F2N5O7/c1-24(2)45-23-28(38(48)46(39(45)49)27-12-9-25(40)10-13-27)37(47)43-26-11-14-31(29(41)21-26)53-32-15-16-42-30-22-33(35-36(34(30)32)52-20-19-51-35)50-18-8-6-5-7-17-44(3)4;1-39(2)13-4-14-45-28-18-25-29(31-30(28)46-15-16-47-31)27(11-12-37-25)48-26-10-7-21(17-24(26)36)38-32(42)23-19-40(3)34(44)41(33(23)43)22-8-5-20(35)6-9-22/h9-16,21-24H,5-8,17-20H2,1-4H3,(H,43,47);5-12,17-19H,4,13-16H2,1-3H3,(H,38,42). The second kappa shape index (κ2) is 31.6. The van der Waals surface area contributed by atoms with Gasteiger partial charge < -0.3 is 62.9 Å². The Kier molecular flexibility index (Phi) is 22.1. The summed E-state index contributed by atoms with van der Waals surface area (Å²) >= 11 is 0. The zero-order valence-electron chi connectivity index (χ0n) is 56.3. The van der Waals surface area contributed by atoms with Crippen LogP contribution >= 0.6 is 0 Å². The Hall–Kier alpha value is -11.5. The molecular formula is C73H72F4N10O14. The zero-order chi connectivity index (χ0) is 71.6. The summed E-state index contributed by atoms with van der Waals surface area (Å²) in [4.78, 5) is 92.2. The van der Waals surface area contributed by atoms with Crippen LogP contribution in [-0.2, 0) is 7.05 Å². The minimum Gasteiger partial charge on any atom is -0.489 e. The average molecular weight is 1390 g/mol. The van der Waals surface area contributed by atoms with Gasteiger partial charge in [0.25, 0.3) is 22.9 Å². The molecule has 0 aliphatic carbocycles. The molecule has 12 rings (SSSR count). The highest BCUT2D eigenvalue weighted by Gasteiger charge is 2.29. The molecule has 0 fully saturated rings. The van der Waals surface area contributed by atoms with E-state index in [0.29, 0.717) is 82.7 Å². The molecule has 0 saturated carbocycles. The van der Waals surface area contributed by atoms with Crippen LogP contribution in [0.5, 0.6) is 57.5 Å². The van der Waals surface area contributed by atoms with Gasteiger partial charge in [0.15, 0.2) is 46.1 Å². The van der Waals surface area contributed by atoms with Gasteiger partial charge in [-0.3, -0.25) is 33.7 Å². The minimum atomic E-state index is -0.927. The summed E-state index contributed by atoms with van der Waals surface area (Å²) < 4.78 is 110. The fourth-order valence-electron chi connectivity index (χ4n) is 11.1. The Morgan fingerprint density at radius 1 is 0.505 bits per heavy atom. The lowest BCUT2D eigenvalue weighted by atomic mass is 10.1. The van der Waals surface area contributed by atoms with E-state index in [9.17, 15) is 37.5 Å². The number of hydrogen-bond acceptors (Lipinski definition) is 18. The van der Waals surface area contributed by atoms with Gasteiger partial charge in [0.2, 0.25) is 11.5 Å². The molecule has 0 saturated heterocycles. The Labute approximate surface area is 575 Å². The minimum absolute atomic E-state index is 0.0243. The number of unbranched alkanes of at least 4 members (excludes halogenated alkanes) is 3. The summed E-state index contributed by atoms with van der Waals surface area (Å²) in [6.45, 7) is 7.50. The van der Waals surface area contributed by atoms with E-state index < -0.39 is 69.2 Å². The number of halogens is 4. The molecular weight excluding hydrogens is 1320 g/mol. The van der Waals surface area contributed by atoms with Gasteiger partial charge in [-0.25, -0.2) is 36.3 Å². The number of hydrogen-bond donors (Lipinski definition) is 2. The molecule has 2 aliphatic heterocycles. The third-order valence-corrected chi connectivity index (χ3v) is 16.0. The maximum atomic E-state index is 15.6. The van der Waals surface area contributed by atoms with E-state index in [0.717, 1.165) is 108 Å². The molecule has 6 aromatic carbocycles. The predicted octanol–water partition coefficient (Wildman–Crippen LogP) is 11.2. The first-order valence-corrected chi connectivity index (χ1v) is 32.4. The summed E-state index contributed by atoms with van der Waals surface area (Å²) in [6.07, 6.45) is 10.2. The monoisotopic (exact) mass is 1390 g/mol. The summed E-state index contributed by atoms with van der Waals surface area (Å²) in [7, 11) is 9.46. The first-order valence-electron chi connectivity index (χ1n) is 32.4. The summed E-state index contributed by atoms with van der Waals surface area (Å²) in [5.41, 5.74) is -2.82. The normalized spacial score (nSPS) is 12.3. The fraction of sp³-hybridized carbons (Fsp3) is 0.288. The predicted molar refractivity (Wildman–Crippen MR) is 369 cm³/mol. The maximum absolute atomic E-state index is 15.6. The number of carbonyl (C=O) groups excluding carboxylic acids is 2. The molecule has 2 N–H and O–H groups in total. The van der Waals surface area contributed by atoms with Gasteiger partial charge in [-0.05, 0) is 153 Å². The highest BCUT2D eigenvalue weighted by Crippen LogP contribution is 2.50. The molecule has 0 radical (unpaired) electrons. The molecule has 28 heteroatoms. The van der Waals surface area contributed by atoms with Gasteiger partial charge in [-0.2, -0.15) is 0 Å².